The van der Waals surface area contributed by atoms with Crippen LogP contribution in [0.4, 0.5) is 34.1 Å². The molecule has 0 N–H and O–H groups in total. The van der Waals surface area contributed by atoms with Crippen molar-refractivity contribution in [3.05, 3.63) is 396 Å². The normalized spacial score (nSPS) is 14.5. The summed E-state index contributed by atoms with van der Waals surface area (Å²) in [5.41, 5.74) is 41.1. The molecule has 22 rings (SSSR count). The summed E-state index contributed by atoms with van der Waals surface area (Å²) in [6, 6.07) is 133. The molecule has 534 valence electrons. The number of anilines is 6. The zero-order chi connectivity index (χ0) is 75.3. The van der Waals surface area contributed by atoms with Crippen molar-refractivity contribution in [1.29, 1.82) is 0 Å². The van der Waals surface area contributed by atoms with Crippen molar-refractivity contribution >= 4 is 77.7 Å². The number of hydrogen-bond donors (Lipinski definition) is 0. The molecule has 4 heteroatoms. The van der Waals surface area contributed by atoms with E-state index in [1.165, 1.54) is 172 Å². The molecule has 0 atom stereocenters. The van der Waals surface area contributed by atoms with E-state index in [2.05, 4.69) is 426 Å². The van der Waals surface area contributed by atoms with Gasteiger partial charge in [0, 0.05) is 71.5 Å². The molecule has 4 aliphatic rings. The number of fused-ring (bicyclic) bond motifs is 18. The van der Waals surface area contributed by atoms with E-state index in [1.54, 1.807) is 0 Å². The van der Waals surface area contributed by atoms with Crippen LogP contribution in [0.2, 0.25) is 0 Å². The molecule has 4 nitrogen and oxygen atoms in total. The van der Waals surface area contributed by atoms with Crippen LogP contribution >= 0.6 is 0 Å². The van der Waals surface area contributed by atoms with E-state index in [4.69, 9.17) is 0 Å². The number of para-hydroxylation sites is 4. The fourth-order valence-corrected chi connectivity index (χ4v) is 21.0. The molecule has 0 bridgehead atoms. The van der Waals surface area contributed by atoms with Crippen LogP contribution in [0.1, 0.15) is 99.9 Å². The van der Waals surface area contributed by atoms with Crippen LogP contribution in [0.5, 0.6) is 0 Å². The molecule has 4 aliphatic carbocycles. The van der Waals surface area contributed by atoms with Gasteiger partial charge < -0.3 is 18.9 Å². The summed E-state index contributed by atoms with van der Waals surface area (Å²) in [7, 11) is 0. The monoisotopic (exact) mass is 1430 g/mol. The lowest BCUT2D eigenvalue weighted by Gasteiger charge is -2.35. The highest BCUT2D eigenvalue weighted by Crippen LogP contribution is 2.62. The number of rotatable bonds is 11. The molecular weight excluding hydrogens is 1350 g/mol. The third kappa shape index (κ3) is 9.30. The highest BCUT2D eigenvalue weighted by atomic mass is 15.2. The fraction of sp³-hybridized carbons (Fsp3) is 0.111. The van der Waals surface area contributed by atoms with Gasteiger partial charge in [-0.3, -0.25) is 0 Å². The first-order chi connectivity index (χ1) is 54.6. The Morgan fingerprint density at radius 3 is 1.28 bits per heavy atom. The number of nitrogens with zero attached hydrogens (tertiary/aromatic N) is 4. The van der Waals surface area contributed by atoms with Gasteiger partial charge >= 0.3 is 0 Å². The molecule has 0 saturated heterocycles. The Morgan fingerprint density at radius 1 is 0.214 bits per heavy atom. The van der Waals surface area contributed by atoms with Crippen molar-refractivity contribution in [2.75, 3.05) is 9.80 Å². The Morgan fingerprint density at radius 2 is 0.616 bits per heavy atom. The van der Waals surface area contributed by atoms with Crippen molar-refractivity contribution in [2.45, 2.75) is 77.0 Å². The highest BCUT2D eigenvalue weighted by molar-refractivity contribution is 6.17. The molecule has 0 amide bonds. The molecule has 0 aliphatic heterocycles. The second-order valence-electron chi connectivity index (χ2n) is 33.4. The van der Waals surface area contributed by atoms with Gasteiger partial charge in [-0.05, 0) is 220 Å². The third-order valence-electron chi connectivity index (χ3n) is 26.1. The van der Waals surface area contributed by atoms with Crippen LogP contribution < -0.4 is 9.80 Å². The van der Waals surface area contributed by atoms with Crippen molar-refractivity contribution in [2.24, 2.45) is 0 Å². The van der Waals surface area contributed by atoms with Gasteiger partial charge in [0.15, 0.2) is 0 Å². The maximum absolute atomic E-state index is 2.60. The lowest BCUT2D eigenvalue weighted by Crippen LogP contribution is -2.24. The van der Waals surface area contributed by atoms with E-state index in [1.807, 2.05) is 0 Å². The molecule has 0 unspecified atom stereocenters. The van der Waals surface area contributed by atoms with Crippen molar-refractivity contribution in [3.8, 4) is 89.3 Å². The Balaban J connectivity index is 0.662. The fourth-order valence-electron chi connectivity index (χ4n) is 21.0. The van der Waals surface area contributed by atoms with Crippen LogP contribution in [-0.2, 0) is 21.7 Å². The first-order valence-electron chi connectivity index (χ1n) is 39.6. The van der Waals surface area contributed by atoms with E-state index in [9.17, 15) is 0 Å². The largest absolute Gasteiger partial charge is 0.310 e. The van der Waals surface area contributed by atoms with E-state index >= 15 is 0 Å². The summed E-state index contributed by atoms with van der Waals surface area (Å²) in [4.78, 5) is 5.19. The van der Waals surface area contributed by atoms with Crippen LogP contribution in [0.3, 0.4) is 0 Å². The summed E-state index contributed by atoms with van der Waals surface area (Å²) in [6.45, 7) is 19.3. The molecule has 0 saturated carbocycles. The summed E-state index contributed by atoms with van der Waals surface area (Å²) >= 11 is 0. The molecule has 18 aromatic rings. The molecule has 16 aromatic carbocycles. The molecule has 0 spiro atoms. The first-order valence-corrected chi connectivity index (χ1v) is 39.6. The number of benzene rings is 16. The van der Waals surface area contributed by atoms with Crippen molar-refractivity contribution < 1.29 is 0 Å². The summed E-state index contributed by atoms with van der Waals surface area (Å²) in [5.74, 6) is 0. The Labute approximate surface area is 655 Å². The number of aromatic nitrogens is 2. The smallest absolute Gasteiger partial charge is 0.0547 e. The van der Waals surface area contributed by atoms with Crippen LogP contribution in [0, 0.1) is 0 Å². The highest BCUT2D eigenvalue weighted by Gasteiger charge is 2.45. The quantitative estimate of drug-likeness (QED) is 0.128. The summed E-state index contributed by atoms with van der Waals surface area (Å²) in [6.07, 6.45) is 0. The van der Waals surface area contributed by atoms with Gasteiger partial charge in [-0.25, -0.2) is 0 Å². The van der Waals surface area contributed by atoms with Gasteiger partial charge in [-0.1, -0.05) is 304 Å². The molecular formula is C108H82N4. The second-order valence-corrected chi connectivity index (χ2v) is 33.4. The van der Waals surface area contributed by atoms with Crippen LogP contribution in [0.15, 0.2) is 352 Å². The van der Waals surface area contributed by atoms with Crippen LogP contribution in [-0.4, -0.2) is 9.13 Å². The summed E-state index contributed by atoms with van der Waals surface area (Å²) in [5, 5.41) is 4.92. The van der Waals surface area contributed by atoms with Gasteiger partial charge in [-0.2, -0.15) is 0 Å². The minimum Gasteiger partial charge on any atom is -0.310 e. The minimum atomic E-state index is -0.384. The van der Waals surface area contributed by atoms with Gasteiger partial charge in [0.1, 0.15) is 0 Å². The molecule has 0 radical (unpaired) electrons. The number of hydrogen-bond acceptors (Lipinski definition) is 2. The predicted molar refractivity (Wildman–Crippen MR) is 471 cm³/mol. The minimum absolute atomic E-state index is 0.192. The average Bonchev–Trinajstić information content (AvgIpc) is 1.56. The zero-order valence-electron chi connectivity index (χ0n) is 64.3. The average molecular weight is 1440 g/mol. The maximum atomic E-state index is 2.60. The second kappa shape index (κ2) is 24.1. The SMILES string of the molecule is CC1(C)c2ccccc2-c2ccc(N(c3ccccc3-c3cccc4c3c3ccccc3n4-c3ccc(-c4cccc5c4-c4cccc(N(c6ccc(-c7ccc8c(c7)c7ccccc7n8-c7ccccc7)cc6)c6cccc7c6C(C)(C)c6ccccc6-7)c4C5(C)C)cc3)c3cccc4c3C(C)(C)c3ccccc3-4)cc21. The summed E-state index contributed by atoms with van der Waals surface area (Å²) < 4.78 is 4.89. The van der Waals surface area contributed by atoms with E-state index in [0.29, 0.717) is 0 Å². The molecule has 0 fully saturated rings. The van der Waals surface area contributed by atoms with Crippen LogP contribution in [0.25, 0.3) is 133 Å². The topological polar surface area (TPSA) is 16.3 Å². The van der Waals surface area contributed by atoms with E-state index < -0.39 is 0 Å². The maximum Gasteiger partial charge on any atom is 0.0547 e. The lowest BCUT2D eigenvalue weighted by molar-refractivity contribution is 0.656. The molecule has 2 heterocycles. The van der Waals surface area contributed by atoms with E-state index in [0.717, 1.165) is 39.5 Å². The molecule has 112 heavy (non-hydrogen) atoms. The van der Waals surface area contributed by atoms with Gasteiger partial charge in [0.25, 0.3) is 0 Å². The van der Waals surface area contributed by atoms with Gasteiger partial charge in [0.2, 0.25) is 0 Å². The van der Waals surface area contributed by atoms with Crippen molar-refractivity contribution in [1.82, 2.24) is 9.13 Å². The van der Waals surface area contributed by atoms with Crippen molar-refractivity contribution in [3.63, 3.8) is 0 Å². The third-order valence-corrected chi connectivity index (χ3v) is 26.1. The Hall–Kier alpha value is -13.3. The standard InChI is InChI=1S/C108H82N4/c1-105(2)87-42-18-12-31-75(87)78-63-62-73(66-91(78)105)112(98-51-27-40-83-77-33-14-20-44-89(77)107(5,6)103(83)98)92-46-21-15-34-79(92)81-38-25-49-96-101(81)84-36-17-23-48-94(84)110(96)71-60-55-68(56-61-71)74-37-24-45-90-100(74)85-41-28-52-99(104(85)108(90,7)8)111(97-50-26-39-82-76-32-13-19-43-88(76)106(3,4)102(82)97)72-58-53-67(54-59-72)69-57-64-95-86(65-69)80-35-16-22-47-93(80)109(95)70-29-10-9-11-30-70/h9-66H,1-8H3. The lowest BCUT2D eigenvalue weighted by atomic mass is 9.79. The molecule has 2 aromatic heterocycles. The first kappa shape index (κ1) is 65.8. The zero-order valence-corrected chi connectivity index (χ0v) is 64.3. The van der Waals surface area contributed by atoms with E-state index in [-0.39, 0.29) is 21.7 Å². The Bertz CT molecular complexity index is 6990. The van der Waals surface area contributed by atoms with Gasteiger partial charge in [-0.15, -0.1) is 0 Å². The van der Waals surface area contributed by atoms with Gasteiger partial charge in [0.05, 0.1) is 44.8 Å². The Kier molecular flexibility index (Phi) is 14.2. The predicted octanol–water partition coefficient (Wildman–Crippen LogP) is 29.0.